The molecule has 0 aromatic heterocycles. The lowest BCUT2D eigenvalue weighted by Crippen LogP contribution is -2.49. The van der Waals surface area contributed by atoms with Crippen LogP contribution < -0.4 is 10.0 Å². The minimum atomic E-state index is -3.33. The van der Waals surface area contributed by atoms with Gasteiger partial charge in [-0.1, -0.05) is 0 Å². The predicted molar refractivity (Wildman–Crippen MR) is 57.8 cm³/mol. The van der Waals surface area contributed by atoms with Crippen molar-refractivity contribution in [3.8, 4) is 0 Å². The summed E-state index contributed by atoms with van der Waals surface area (Å²) in [5, 5.41) is 2.97. The summed E-state index contributed by atoms with van der Waals surface area (Å²) in [5.74, 6) is 0. The Balaban J connectivity index is 2.43. The predicted octanol–water partition coefficient (Wildman–Crippen LogP) is -1.24. The van der Waals surface area contributed by atoms with Crippen LogP contribution >= 0.6 is 0 Å². The van der Waals surface area contributed by atoms with Gasteiger partial charge < -0.3 is 10.1 Å². The Labute approximate surface area is 91.2 Å². The Morgan fingerprint density at radius 3 is 2.53 bits per heavy atom. The summed E-state index contributed by atoms with van der Waals surface area (Å²) in [6.07, 6.45) is 0. The van der Waals surface area contributed by atoms with Crippen LogP contribution in [0.25, 0.3) is 0 Å². The molecule has 0 saturated carbocycles. The largest absolute Gasteiger partial charge is 0.379 e. The highest BCUT2D eigenvalue weighted by atomic mass is 32.2. The van der Waals surface area contributed by atoms with Crippen LogP contribution in [0.1, 0.15) is 6.92 Å². The Morgan fingerprint density at radius 1 is 1.40 bits per heavy atom. The average molecular weight is 237 g/mol. The Bertz CT molecular complexity index is 275. The zero-order chi connectivity index (χ0) is 11.3. The van der Waals surface area contributed by atoms with Crippen LogP contribution in [-0.2, 0) is 14.9 Å². The second-order valence-corrected chi connectivity index (χ2v) is 5.31. The molecule has 1 aliphatic rings. The molecule has 0 bridgehead atoms. The second-order valence-electron chi connectivity index (χ2n) is 3.55. The van der Waals surface area contributed by atoms with Crippen molar-refractivity contribution in [3.05, 3.63) is 0 Å². The highest BCUT2D eigenvalue weighted by Gasteiger charge is 2.23. The zero-order valence-electron chi connectivity index (χ0n) is 9.19. The SMILES string of the molecule is CNC(C)CNS(=O)(=O)N1CCOCC1. The van der Waals surface area contributed by atoms with Gasteiger partial charge in [0.15, 0.2) is 0 Å². The van der Waals surface area contributed by atoms with Crippen molar-refractivity contribution in [1.29, 1.82) is 0 Å². The Kier molecular flexibility index (Phi) is 4.94. The van der Waals surface area contributed by atoms with Crippen LogP contribution in [0.15, 0.2) is 0 Å². The fraction of sp³-hybridized carbons (Fsp3) is 1.00. The van der Waals surface area contributed by atoms with E-state index in [2.05, 4.69) is 10.0 Å². The van der Waals surface area contributed by atoms with Gasteiger partial charge in [-0.25, -0.2) is 4.72 Å². The first kappa shape index (κ1) is 12.9. The lowest BCUT2D eigenvalue weighted by atomic mass is 10.4. The van der Waals surface area contributed by atoms with Crippen molar-refractivity contribution < 1.29 is 13.2 Å². The number of likely N-dealkylation sites (N-methyl/N-ethyl adjacent to an activating group) is 1. The van der Waals surface area contributed by atoms with Gasteiger partial charge in [-0.05, 0) is 14.0 Å². The van der Waals surface area contributed by atoms with E-state index in [0.717, 1.165) is 0 Å². The van der Waals surface area contributed by atoms with E-state index in [1.165, 1.54) is 4.31 Å². The lowest BCUT2D eigenvalue weighted by Gasteiger charge is -2.26. The quantitative estimate of drug-likeness (QED) is 0.627. The fourth-order valence-corrected chi connectivity index (χ4v) is 2.48. The lowest BCUT2D eigenvalue weighted by molar-refractivity contribution is 0.0725. The number of morpholine rings is 1. The standard InChI is InChI=1S/C8H19N3O3S/c1-8(9-2)7-10-15(12,13)11-3-5-14-6-4-11/h8-10H,3-7H2,1-2H3. The first-order chi connectivity index (χ1) is 7.06. The molecule has 1 atom stereocenters. The highest BCUT2D eigenvalue weighted by Crippen LogP contribution is 2.02. The van der Waals surface area contributed by atoms with Gasteiger partial charge in [-0.2, -0.15) is 12.7 Å². The monoisotopic (exact) mass is 237 g/mol. The van der Waals surface area contributed by atoms with Gasteiger partial charge in [0.2, 0.25) is 0 Å². The summed E-state index contributed by atoms with van der Waals surface area (Å²) in [7, 11) is -1.53. The topological polar surface area (TPSA) is 70.7 Å². The molecule has 2 N–H and O–H groups in total. The van der Waals surface area contributed by atoms with Crippen molar-refractivity contribution in [2.45, 2.75) is 13.0 Å². The van der Waals surface area contributed by atoms with Gasteiger partial charge in [0.1, 0.15) is 0 Å². The Hall–Kier alpha value is -0.210. The third-order valence-corrected chi connectivity index (χ3v) is 3.95. The number of nitrogens with one attached hydrogen (secondary N) is 2. The molecule has 0 radical (unpaired) electrons. The van der Waals surface area contributed by atoms with Crippen molar-refractivity contribution in [2.75, 3.05) is 39.9 Å². The van der Waals surface area contributed by atoms with Crippen LogP contribution in [0.2, 0.25) is 0 Å². The van der Waals surface area contributed by atoms with E-state index in [0.29, 0.717) is 32.8 Å². The van der Waals surface area contributed by atoms with E-state index in [4.69, 9.17) is 4.74 Å². The van der Waals surface area contributed by atoms with Gasteiger partial charge in [0.25, 0.3) is 10.2 Å². The molecule has 1 saturated heterocycles. The number of hydrogen-bond acceptors (Lipinski definition) is 4. The molecule has 1 rings (SSSR count). The summed E-state index contributed by atoms with van der Waals surface area (Å²) in [6.45, 7) is 4.13. The minimum absolute atomic E-state index is 0.126. The van der Waals surface area contributed by atoms with Crippen molar-refractivity contribution in [2.24, 2.45) is 0 Å². The van der Waals surface area contributed by atoms with E-state index in [1.54, 1.807) is 7.05 Å². The molecule has 1 heterocycles. The molecule has 7 heteroatoms. The molecule has 90 valence electrons. The normalized spacial score (nSPS) is 21.5. The first-order valence-electron chi connectivity index (χ1n) is 5.06. The highest BCUT2D eigenvalue weighted by molar-refractivity contribution is 7.87. The van der Waals surface area contributed by atoms with E-state index in [9.17, 15) is 8.42 Å². The van der Waals surface area contributed by atoms with Crippen LogP contribution in [0.4, 0.5) is 0 Å². The number of rotatable bonds is 5. The number of nitrogens with zero attached hydrogens (tertiary/aromatic N) is 1. The molecule has 15 heavy (non-hydrogen) atoms. The molecule has 6 nitrogen and oxygen atoms in total. The molecule has 0 aromatic carbocycles. The maximum absolute atomic E-state index is 11.7. The number of hydrogen-bond donors (Lipinski definition) is 2. The van der Waals surface area contributed by atoms with Crippen molar-refractivity contribution in [1.82, 2.24) is 14.3 Å². The zero-order valence-corrected chi connectivity index (χ0v) is 10.0. The molecule has 1 aliphatic heterocycles. The third-order valence-electron chi connectivity index (χ3n) is 2.37. The maximum Gasteiger partial charge on any atom is 0.279 e. The van der Waals surface area contributed by atoms with Crippen LogP contribution in [0.3, 0.4) is 0 Å². The fourth-order valence-electron chi connectivity index (χ4n) is 1.21. The summed E-state index contributed by atoms with van der Waals surface area (Å²) < 4.78 is 32.5. The second kappa shape index (κ2) is 5.76. The molecular formula is C8H19N3O3S. The van der Waals surface area contributed by atoms with Gasteiger partial charge in [-0.3, -0.25) is 0 Å². The average Bonchev–Trinajstić information content (AvgIpc) is 2.27. The smallest absolute Gasteiger partial charge is 0.279 e. The van der Waals surface area contributed by atoms with Crippen LogP contribution in [0.5, 0.6) is 0 Å². The van der Waals surface area contributed by atoms with Crippen molar-refractivity contribution >= 4 is 10.2 Å². The minimum Gasteiger partial charge on any atom is -0.379 e. The number of ether oxygens (including phenoxy) is 1. The molecular weight excluding hydrogens is 218 g/mol. The van der Waals surface area contributed by atoms with Gasteiger partial charge >= 0.3 is 0 Å². The van der Waals surface area contributed by atoms with E-state index < -0.39 is 10.2 Å². The summed E-state index contributed by atoms with van der Waals surface area (Å²) >= 11 is 0. The van der Waals surface area contributed by atoms with Crippen LogP contribution in [-0.4, -0.2) is 58.7 Å². The van der Waals surface area contributed by atoms with Gasteiger partial charge in [-0.15, -0.1) is 0 Å². The van der Waals surface area contributed by atoms with E-state index in [-0.39, 0.29) is 6.04 Å². The summed E-state index contributed by atoms with van der Waals surface area (Å²) in [5.41, 5.74) is 0. The maximum atomic E-state index is 11.7. The van der Waals surface area contributed by atoms with Crippen LogP contribution in [0, 0.1) is 0 Å². The molecule has 1 unspecified atom stereocenters. The molecule has 1 fully saturated rings. The first-order valence-corrected chi connectivity index (χ1v) is 6.50. The van der Waals surface area contributed by atoms with Crippen molar-refractivity contribution in [3.63, 3.8) is 0 Å². The van der Waals surface area contributed by atoms with Gasteiger partial charge in [0.05, 0.1) is 13.2 Å². The molecule has 0 spiro atoms. The molecule has 0 aromatic rings. The van der Waals surface area contributed by atoms with Gasteiger partial charge in [0, 0.05) is 25.7 Å². The molecule has 0 aliphatic carbocycles. The summed E-state index contributed by atoms with van der Waals surface area (Å²) in [6, 6.07) is 0.126. The Morgan fingerprint density at radius 2 is 2.00 bits per heavy atom. The third kappa shape index (κ3) is 4.04. The molecule has 0 amide bonds. The van der Waals surface area contributed by atoms with E-state index >= 15 is 0 Å². The van der Waals surface area contributed by atoms with E-state index in [1.807, 2.05) is 6.92 Å². The summed E-state index contributed by atoms with van der Waals surface area (Å²) in [4.78, 5) is 0.